The summed E-state index contributed by atoms with van der Waals surface area (Å²) >= 11 is 1.63. The third-order valence-electron chi connectivity index (χ3n) is 5.52. The van der Waals surface area contributed by atoms with Crippen LogP contribution in [0.1, 0.15) is 64.7 Å². The summed E-state index contributed by atoms with van der Waals surface area (Å²) in [5, 5.41) is 10.1. The van der Waals surface area contributed by atoms with Crippen molar-refractivity contribution in [3.8, 4) is 17.0 Å². The molecule has 160 valence electrons. The fourth-order valence-electron chi connectivity index (χ4n) is 3.83. The second-order valence-corrected chi connectivity index (χ2v) is 8.77. The second-order valence-electron chi connectivity index (χ2n) is 7.93. The maximum Gasteiger partial charge on any atom is 0.262 e. The molecule has 0 saturated heterocycles. The van der Waals surface area contributed by atoms with E-state index in [1.54, 1.807) is 11.3 Å². The summed E-state index contributed by atoms with van der Waals surface area (Å²) in [5.41, 5.74) is 3.99. The first-order chi connectivity index (χ1) is 14.7. The van der Waals surface area contributed by atoms with E-state index in [4.69, 9.17) is 14.8 Å². The van der Waals surface area contributed by atoms with Crippen molar-refractivity contribution in [3.05, 3.63) is 28.4 Å². The number of nitrogens with one attached hydrogen (secondary N) is 1. The number of amides is 1. The normalized spacial score (nSPS) is 17.6. The highest BCUT2D eigenvalue weighted by molar-refractivity contribution is 7.07. The number of fused-ring (bicyclic) bond motifs is 1. The average molecular weight is 427 g/mol. The van der Waals surface area contributed by atoms with Crippen LogP contribution in [0.15, 0.2) is 33.7 Å². The van der Waals surface area contributed by atoms with Crippen LogP contribution in [0, 0.1) is 0 Å². The number of thiazole rings is 1. The molecule has 1 amide bonds. The van der Waals surface area contributed by atoms with Crippen LogP contribution >= 0.6 is 11.3 Å². The minimum Gasteiger partial charge on any atom is -0.482 e. The predicted octanol–water partition coefficient (Wildman–Crippen LogP) is 5.20. The van der Waals surface area contributed by atoms with Crippen LogP contribution in [0.3, 0.4) is 0 Å². The van der Waals surface area contributed by atoms with Gasteiger partial charge in [-0.05, 0) is 50.3 Å². The highest BCUT2D eigenvalue weighted by atomic mass is 32.1. The largest absolute Gasteiger partial charge is 0.482 e. The molecule has 1 aliphatic carbocycles. The monoisotopic (exact) mass is 426 g/mol. The lowest BCUT2D eigenvalue weighted by molar-refractivity contribution is -0.118. The van der Waals surface area contributed by atoms with E-state index in [2.05, 4.69) is 17.6 Å². The Balaban J connectivity index is 1.73. The smallest absolute Gasteiger partial charge is 0.262 e. The van der Waals surface area contributed by atoms with Gasteiger partial charge in [0.2, 0.25) is 4.80 Å². The van der Waals surface area contributed by atoms with Crippen molar-refractivity contribution in [1.29, 1.82) is 0 Å². The van der Waals surface area contributed by atoms with Crippen molar-refractivity contribution in [2.24, 2.45) is 10.1 Å². The molecule has 2 aliphatic rings. The molecule has 0 spiro atoms. The minimum atomic E-state index is -0.122. The van der Waals surface area contributed by atoms with Gasteiger partial charge in [0, 0.05) is 23.2 Å². The molecule has 1 N–H and O–H groups in total. The van der Waals surface area contributed by atoms with Gasteiger partial charge in [-0.25, -0.2) is 4.68 Å². The molecular weight excluding hydrogens is 396 g/mol. The van der Waals surface area contributed by atoms with Gasteiger partial charge in [-0.15, -0.1) is 11.3 Å². The number of rotatable bonds is 5. The van der Waals surface area contributed by atoms with Crippen LogP contribution in [-0.4, -0.2) is 29.4 Å². The summed E-state index contributed by atoms with van der Waals surface area (Å²) in [6.45, 7) is 3.07. The van der Waals surface area contributed by atoms with E-state index in [9.17, 15) is 4.79 Å². The Morgan fingerprint density at radius 3 is 2.77 bits per heavy atom. The number of anilines is 1. The van der Waals surface area contributed by atoms with Crippen LogP contribution in [0.25, 0.3) is 11.3 Å². The summed E-state index contributed by atoms with van der Waals surface area (Å²) in [6, 6.07) is 5.92. The van der Waals surface area contributed by atoms with E-state index in [-0.39, 0.29) is 12.5 Å². The zero-order valence-electron chi connectivity index (χ0n) is 17.7. The first-order valence-corrected chi connectivity index (χ1v) is 12.0. The zero-order chi connectivity index (χ0) is 20.8. The van der Waals surface area contributed by atoms with Gasteiger partial charge in [0.05, 0.1) is 11.4 Å². The summed E-state index contributed by atoms with van der Waals surface area (Å²) in [4.78, 5) is 17.5. The van der Waals surface area contributed by atoms with Crippen LogP contribution < -0.4 is 14.9 Å². The number of ether oxygens (including phenoxy) is 1. The number of hydrogen-bond donors (Lipinski definition) is 1. The standard InChI is InChI=1S/C23H30N4O2S/c1-2-3-13-24-23-27(26-18-9-7-5-4-6-8-10-18)20(16-30-23)17-11-12-21-19(14-17)25-22(28)15-29-21/h11-12,14,16H,2-10,13,15H2,1H3,(H,25,28). The number of hydrogen-bond acceptors (Lipinski definition) is 5. The Hall–Kier alpha value is -2.41. The molecular formula is C23H30N4O2S. The number of aromatic nitrogens is 1. The Kier molecular flexibility index (Phi) is 7.00. The van der Waals surface area contributed by atoms with Gasteiger partial charge in [-0.2, -0.15) is 5.10 Å². The Bertz CT molecular complexity index is 979. The van der Waals surface area contributed by atoms with Crippen molar-refractivity contribution >= 4 is 28.6 Å². The van der Waals surface area contributed by atoms with Gasteiger partial charge in [0.15, 0.2) is 6.61 Å². The highest BCUT2D eigenvalue weighted by Gasteiger charge is 2.18. The maximum absolute atomic E-state index is 11.7. The van der Waals surface area contributed by atoms with Crippen molar-refractivity contribution in [3.63, 3.8) is 0 Å². The maximum atomic E-state index is 11.7. The molecule has 0 atom stereocenters. The molecule has 30 heavy (non-hydrogen) atoms. The van der Waals surface area contributed by atoms with Crippen molar-refractivity contribution < 1.29 is 9.53 Å². The molecule has 6 nitrogen and oxygen atoms in total. The summed E-state index contributed by atoms with van der Waals surface area (Å²) in [7, 11) is 0. The molecule has 1 aromatic carbocycles. The fourth-order valence-corrected chi connectivity index (χ4v) is 4.69. The van der Waals surface area contributed by atoms with E-state index < -0.39 is 0 Å². The molecule has 1 aromatic heterocycles. The Labute approximate surface area is 181 Å². The first kappa shape index (κ1) is 20.8. The van der Waals surface area contributed by atoms with Crippen LogP contribution in [0.4, 0.5) is 5.69 Å². The summed E-state index contributed by atoms with van der Waals surface area (Å²) in [6.07, 6.45) is 10.7. The van der Waals surface area contributed by atoms with Crippen LogP contribution in [0.2, 0.25) is 0 Å². The average Bonchev–Trinajstić information content (AvgIpc) is 3.12. The van der Waals surface area contributed by atoms with E-state index >= 15 is 0 Å². The Morgan fingerprint density at radius 1 is 1.17 bits per heavy atom. The van der Waals surface area contributed by atoms with E-state index in [1.807, 2.05) is 22.9 Å². The van der Waals surface area contributed by atoms with Gasteiger partial charge in [0.1, 0.15) is 5.75 Å². The topological polar surface area (TPSA) is 68.0 Å². The van der Waals surface area contributed by atoms with Gasteiger partial charge >= 0.3 is 0 Å². The quantitative estimate of drug-likeness (QED) is 0.668. The molecule has 1 aliphatic heterocycles. The SMILES string of the molecule is CCCCN=c1scc(-c2ccc3c(c2)NC(=O)CO3)n1N=C1CCCCCCC1. The fraction of sp³-hybridized carbons (Fsp3) is 0.522. The van der Waals surface area contributed by atoms with Gasteiger partial charge in [0.25, 0.3) is 5.91 Å². The number of carbonyl (C=O) groups is 1. The number of unbranched alkanes of at least 4 members (excludes halogenated alkanes) is 1. The number of carbonyl (C=O) groups excluding carboxylic acids is 1. The first-order valence-electron chi connectivity index (χ1n) is 11.1. The third kappa shape index (κ3) is 5.01. The summed E-state index contributed by atoms with van der Waals surface area (Å²) < 4.78 is 7.53. The molecule has 0 radical (unpaired) electrons. The predicted molar refractivity (Wildman–Crippen MR) is 122 cm³/mol. The van der Waals surface area contributed by atoms with Crippen LogP contribution in [0.5, 0.6) is 5.75 Å². The number of nitrogens with zero attached hydrogens (tertiary/aromatic N) is 3. The van der Waals surface area contributed by atoms with Gasteiger partial charge in [-0.1, -0.05) is 32.6 Å². The van der Waals surface area contributed by atoms with E-state index in [1.165, 1.54) is 37.8 Å². The molecule has 2 aromatic rings. The van der Waals surface area contributed by atoms with E-state index in [0.717, 1.165) is 48.3 Å². The van der Waals surface area contributed by atoms with Crippen molar-refractivity contribution in [1.82, 2.24) is 4.68 Å². The molecule has 0 bridgehead atoms. The van der Waals surface area contributed by atoms with Crippen molar-refractivity contribution in [2.75, 3.05) is 18.5 Å². The Morgan fingerprint density at radius 2 is 1.97 bits per heavy atom. The second kappa shape index (κ2) is 10.1. The lowest BCUT2D eigenvalue weighted by Crippen LogP contribution is -2.25. The lowest BCUT2D eigenvalue weighted by Gasteiger charge is -2.18. The minimum absolute atomic E-state index is 0.0684. The van der Waals surface area contributed by atoms with Crippen molar-refractivity contribution in [2.45, 2.75) is 64.7 Å². The molecule has 1 saturated carbocycles. The molecule has 2 heterocycles. The highest BCUT2D eigenvalue weighted by Crippen LogP contribution is 2.33. The molecule has 1 fully saturated rings. The molecule has 0 unspecified atom stereocenters. The number of benzene rings is 1. The van der Waals surface area contributed by atoms with Gasteiger partial charge in [-0.3, -0.25) is 9.79 Å². The van der Waals surface area contributed by atoms with Gasteiger partial charge < -0.3 is 10.1 Å². The third-order valence-corrected chi connectivity index (χ3v) is 6.38. The zero-order valence-corrected chi connectivity index (χ0v) is 18.5. The lowest BCUT2D eigenvalue weighted by atomic mass is 9.99. The molecule has 7 heteroatoms. The summed E-state index contributed by atoms with van der Waals surface area (Å²) in [5.74, 6) is 0.585. The van der Waals surface area contributed by atoms with Crippen LogP contribution in [-0.2, 0) is 4.79 Å². The molecule has 4 rings (SSSR count). The van der Waals surface area contributed by atoms with E-state index in [0.29, 0.717) is 11.4 Å².